The van der Waals surface area contributed by atoms with Gasteiger partial charge in [-0.2, -0.15) is 0 Å². The van der Waals surface area contributed by atoms with Crippen LogP contribution in [0, 0.1) is 0 Å². The zero-order valence-corrected chi connectivity index (χ0v) is 62.7. The van der Waals surface area contributed by atoms with E-state index in [4.69, 9.17) is 58.3 Å². The molecule has 0 bridgehead atoms. The van der Waals surface area contributed by atoms with E-state index in [2.05, 4.69) is 82.7 Å². The van der Waals surface area contributed by atoms with Crippen LogP contribution in [-0.2, 0) is 53.5 Å². The number of nitrogens with one attached hydrogen (secondary N) is 2. The SMILES string of the molecule is C[Si](C)(C)O[Si](C)(C)O[Si](C)(C)O[Si](C)(C)O[Si](C)(C)O[Si](C)(C)O[Si](C)(C)O[Si](C)(C)O[Si](C)(C)O[Si](C)(C)O[Si](C)(C)O[Si](C)(C)O[Si](C)(C)O[Si](O)(O)CCCNCNCCC[SiH2]O. The van der Waals surface area contributed by atoms with E-state index in [1.807, 2.05) is 105 Å². The van der Waals surface area contributed by atoms with E-state index in [-0.39, 0.29) is 6.04 Å². The first-order chi connectivity index (χ1) is 29.3. The fourth-order valence-electron chi connectivity index (χ4n) is 9.01. The van der Waals surface area contributed by atoms with Crippen LogP contribution >= 0.6 is 0 Å². The monoisotopic (exact) mass is 1210 g/mol. The van der Waals surface area contributed by atoms with E-state index in [1.54, 1.807) is 0 Å². The average molecular weight is 1220 g/mol. The van der Waals surface area contributed by atoms with Gasteiger partial charge in [-0.3, -0.25) is 0 Å². The Labute approximate surface area is 426 Å². The summed E-state index contributed by atoms with van der Waals surface area (Å²) in [5, 5.41) is 6.52. The fraction of sp³-hybridized carbons (Fsp3) is 1.00. The van der Waals surface area contributed by atoms with Crippen LogP contribution in [0.25, 0.3) is 0 Å². The minimum atomic E-state index is -3.98. The first kappa shape index (κ1) is 69.5. The van der Waals surface area contributed by atoms with Gasteiger partial charge in [0.25, 0.3) is 0 Å². The number of hydrogen-bond acceptors (Lipinski definition) is 18. The van der Waals surface area contributed by atoms with Gasteiger partial charge in [0.1, 0.15) is 0 Å². The molecule has 0 heterocycles. The van der Waals surface area contributed by atoms with Crippen molar-refractivity contribution in [3.63, 3.8) is 0 Å². The van der Waals surface area contributed by atoms with Crippen LogP contribution in [0.5, 0.6) is 0 Å². The Balaban J connectivity index is 5.50. The third kappa shape index (κ3) is 35.4. The summed E-state index contributed by atoms with van der Waals surface area (Å²) in [7, 11) is -40.0. The maximum absolute atomic E-state index is 10.9. The van der Waals surface area contributed by atoms with Gasteiger partial charge < -0.3 is 78.5 Å². The minimum Gasteiger partial charge on any atom is -0.438 e. The Kier molecular flexibility index (Phi) is 27.0. The molecule has 0 aromatic rings. The summed E-state index contributed by atoms with van der Waals surface area (Å²) in [6, 6.07) is 1.06. The van der Waals surface area contributed by atoms with Crippen molar-refractivity contribution in [1.29, 1.82) is 0 Å². The molecular weight excluding hydrogens is 1110 g/mol. The summed E-state index contributed by atoms with van der Waals surface area (Å²) < 4.78 is 86.8. The molecule has 0 aromatic heterocycles. The highest BCUT2D eigenvalue weighted by atomic mass is 28.5. The zero-order chi connectivity index (χ0) is 53.3. The molecule has 0 aliphatic rings. The van der Waals surface area contributed by atoms with Gasteiger partial charge in [0.2, 0.25) is 0 Å². The van der Waals surface area contributed by atoms with E-state index in [0.29, 0.717) is 19.6 Å². The van der Waals surface area contributed by atoms with Crippen molar-refractivity contribution in [2.45, 2.75) is 202 Å². The van der Waals surface area contributed by atoms with E-state index in [1.165, 1.54) is 0 Å². The van der Waals surface area contributed by atoms with E-state index >= 15 is 0 Å². The molecule has 0 saturated carbocycles. The largest absolute Gasteiger partial charge is 0.486 e. The predicted octanol–water partition coefficient (Wildman–Crippen LogP) is 7.79. The van der Waals surface area contributed by atoms with Crippen molar-refractivity contribution in [2.75, 3.05) is 19.8 Å². The summed E-state index contributed by atoms with van der Waals surface area (Å²) in [6.45, 7) is 57.0. The molecular formula is C34H102N2O16Si15. The summed E-state index contributed by atoms with van der Waals surface area (Å²) >= 11 is 0. The van der Waals surface area contributed by atoms with Gasteiger partial charge in [-0.05, 0) is 209 Å². The first-order valence-electron chi connectivity index (χ1n) is 23.8. The van der Waals surface area contributed by atoms with Crippen molar-refractivity contribution in [2.24, 2.45) is 0 Å². The maximum atomic E-state index is 10.9. The highest BCUT2D eigenvalue weighted by Gasteiger charge is 2.52. The lowest BCUT2D eigenvalue weighted by molar-refractivity contribution is 0.202. The third-order valence-electron chi connectivity index (χ3n) is 8.24. The Morgan fingerprint density at radius 2 is 0.522 bits per heavy atom. The number of hydrogen-bond donors (Lipinski definition) is 5. The molecule has 0 aliphatic heterocycles. The van der Waals surface area contributed by atoms with Gasteiger partial charge in [-0.15, -0.1) is 0 Å². The lowest BCUT2D eigenvalue weighted by Crippen LogP contribution is -2.63. The van der Waals surface area contributed by atoms with E-state index in [9.17, 15) is 9.59 Å². The molecule has 0 atom stereocenters. The molecule has 0 amide bonds. The second kappa shape index (κ2) is 26.1. The van der Waals surface area contributed by atoms with Crippen LogP contribution in [0.15, 0.2) is 0 Å². The molecule has 0 unspecified atom stereocenters. The molecule has 0 aliphatic carbocycles. The van der Waals surface area contributed by atoms with E-state index < -0.39 is 130 Å². The molecule has 0 saturated heterocycles. The van der Waals surface area contributed by atoms with Gasteiger partial charge in [0.15, 0.2) is 18.1 Å². The van der Waals surface area contributed by atoms with Gasteiger partial charge in [0.05, 0.1) is 0 Å². The lowest BCUT2D eigenvalue weighted by Gasteiger charge is -2.45. The van der Waals surface area contributed by atoms with Crippen LogP contribution < -0.4 is 10.6 Å². The van der Waals surface area contributed by atoms with Crippen molar-refractivity contribution >= 4 is 130 Å². The highest BCUT2D eigenvalue weighted by Crippen LogP contribution is 2.32. The van der Waals surface area contributed by atoms with Crippen molar-refractivity contribution in [1.82, 2.24) is 10.6 Å². The zero-order valence-electron chi connectivity index (χ0n) is 47.3. The Hall–Kier alpha value is 2.53. The van der Waals surface area contributed by atoms with Crippen molar-refractivity contribution in [3.05, 3.63) is 0 Å². The average Bonchev–Trinajstić information content (AvgIpc) is 2.90. The molecule has 0 rings (SSSR count). The maximum Gasteiger partial charge on any atom is 0.486 e. The standard InChI is InChI=1S/C34H102N2O16Si15/c1-54(2,3)40-55(4,5)41-56(6,7)42-57(8,9)43-58(10,11)44-59(12,13)45-60(14,15)46-61(16,17)47-62(18,19)48-63(20,21)49-64(22,23)50-65(24,25)51-66(26,27)52-67(38,39)33-29-31-36-34-35-30-28-32-53-37/h35-39H,28-34,53H2,1-27H3. The predicted molar refractivity (Wildman–Crippen MR) is 308 cm³/mol. The molecule has 5 N–H and O–H groups in total. The van der Waals surface area contributed by atoms with Gasteiger partial charge >= 0.3 is 112 Å². The molecule has 404 valence electrons. The van der Waals surface area contributed by atoms with Crippen LogP contribution in [-0.4, -0.2) is 164 Å². The molecule has 0 radical (unpaired) electrons. The third-order valence-corrected chi connectivity index (χ3v) is 61.0. The minimum absolute atomic E-state index is 0.157. The normalized spacial score (nSPS) is 15.7. The number of rotatable bonds is 36. The summed E-state index contributed by atoms with van der Waals surface area (Å²) in [6.07, 6.45) is 1.52. The van der Waals surface area contributed by atoms with Crippen LogP contribution in [0.4, 0.5) is 0 Å². The summed E-state index contributed by atoms with van der Waals surface area (Å²) in [5.41, 5.74) is 0. The van der Waals surface area contributed by atoms with Gasteiger partial charge in [-0.1, -0.05) is 0 Å². The summed E-state index contributed by atoms with van der Waals surface area (Å²) in [4.78, 5) is 30.8. The van der Waals surface area contributed by atoms with Crippen LogP contribution in [0.2, 0.25) is 189 Å². The second-order valence-corrected chi connectivity index (χ2v) is 75.3. The second-order valence-electron chi connectivity index (χ2n) is 23.7. The van der Waals surface area contributed by atoms with Crippen molar-refractivity contribution in [3.8, 4) is 0 Å². The first-order valence-corrected chi connectivity index (χ1v) is 64.7. The topological polar surface area (TPSA) is 205 Å². The molecule has 0 spiro atoms. The van der Waals surface area contributed by atoms with Gasteiger partial charge in [0, 0.05) is 12.7 Å². The van der Waals surface area contributed by atoms with Crippen LogP contribution in [0.3, 0.4) is 0 Å². The van der Waals surface area contributed by atoms with Crippen LogP contribution in [0.1, 0.15) is 12.8 Å². The molecule has 0 fully saturated rings. The Morgan fingerprint density at radius 3 is 0.746 bits per heavy atom. The molecule has 18 nitrogen and oxygen atoms in total. The quantitative estimate of drug-likeness (QED) is 0.0231. The molecule has 33 heteroatoms. The fourth-order valence-corrected chi connectivity index (χ4v) is 78.2. The lowest BCUT2D eigenvalue weighted by atomic mass is 10.5. The molecule has 0 aromatic carbocycles. The highest BCUT2D eigenvalue weighted by molar-refractivity contribution is 6.94. The summed E-state index contributed by atoms with van der Waals surface area (Å²) in [5.74, 6) is 0. The smallest absolute Gasteiger partial charge is 0.438 e. The Morgan fingerprint density at radius 1 is 0.313 bits per heavy atom. The van der Waals surface area contributed by atoms with Crippen molar-refractivity contribution < 1.29 is 67.9 Å². The van der Waals surface area contributed by atoms with Gasteiger partial charge in [-0.25, -0.2) is 0 Å². The Bertz CT molecular complexity index is 1490. The molecule has 67 heavy (non-hydrogen) atoms. The van der Waals surface area contributed by atoms with E-state index in [0.717, 1.165) is 19.0 Å².